The maximum absolute atomic E-state index is 12.7. The van der Waals surface area contributed by atoms with E-state index in [1.165, 1.54) is 6.33 Å². The van der Waals surface area contributed by atoms with Crippen LogP contribution in [-0.4, -0.2) is 63.9 Å². The van der Waals surface area contributed by atoms with Crippen LogP contribution in [0, 0.1) is 11.3 Å². The van der Waals surface area contributed by atoms with E-state index in [-0.39, 0.29) is 49.3 Å². The van der Waals surface area contributed by atoms with Gasteiger partial charge in [-0.15, -0.1) is 12.4 Å². The Bertz CT molecular complexity index is 1350. The minimum absolute atomic E-state index is 0. The molecule has 2 fully saturated rings. The van der Waals surface area contributed by atoms with Crippen molar-refractivity contribution < 1.29 is 14.3 Å². The lowest BCUT2D eigenvalue weighted by atomic mass is 9.89. The van der Waals surface area contributed by atoms with Gasteiger partial charge in [0.25, 0.3) is 0 Å². The monoisotopic (exact) mass is 542 g/mol. The Kier molecular flexibility index (Phi) is 7.52. The molecule has 2 saturated heterocycles. The quantitative estimate of drug-likeness (QED) is 0.248. The molecule has 1 N–H and O–H groups in total. The van der Waals surface area contributed by atoms with Crippen LogP contribution in [0.1, 0.15) is 19.3 Å². The molecule has 0 aliphatic carbocycles. The zero-order chi connectivity index (χ0) is 25.5. The van der Waals surface area contributed by atoms with Gasteiger partial charge in [-0.1, -0.05) is 19.6 Å². The summed E-state index contributed by atoms with van der Waals surface area (Å²) >= 11 is 0. The summed E-state index contributed by atoms with van der Waals surface area (Å²) in [5, 5.41) is 18.1. The van der Waals surface area contributed by atoms with E-state index in [4.69, 9.17) is 9.84 Å². The van der Waals surface area contributed by atoms with Crippen LogP contribution in [0.3, 0.4) is 0 Å². The highest BCUT2D eigenvalue weighted by Crippen LogP contribution is 2.38. The van der Waals surface area contributed by atoms with E-state index in [0.29, 0.717) is 43.3 Å². The molecule has 2 amide bonds. The first-order valence-corrected chi connectivity index (χ1v) is 15.8. The first-order valence-electron chi connectivity index (χ1n) is 12.1. The third kappa shape index (κ3) is 5.04. The van der Waals surface area contributed by atoms with E-state index in [9.17, 15) is 14.9 Å². The van der Waals surface area contributed by atoms with Gasteiger partial charge in [0.15, 0.2) is 5.82 Å². The van der Waals surface area contributed by atoms with E-state index < -0.39 is 13.6 Å². The van der Waals surface area contributed by atoms with Crippen molar-refractivity contribution in [1.29, 1.82) is 5.26 Å². The van der Waals surface area contributed by atoms with E-state index >= 15 is 0 Å². The minimum atomic E-state index is -1.19. The molecule has 0 saturated carbocycles. The summed E-state index contributed by atoms with van der Waals surface area (Å²) in [7, 11) is -1.19. The van der Waals surface area contributed by atoms with Crippen LogP contribution >= 0.6 is 12.4 Å². The van der Waals surface area contributed by atoms with Crippen molar-refractivity contribution in [2.75, 3.05) is 24.6 Å². The van der Waals surface area contributed by atoms with Crippen LogP contribution < -0.4 is 10.2 Å². The predicted octanol–water partition coefficient (Wildman–Crippen LogP) is 2.89. The average molecular weight is 543 g/mol. The van der Waals surface area contributed by atoms with Crippen LogP contribution in [0.2, 0.25) is 25.7 Å². The van der Waals surface area contributed by atoms with Gasteiger partial charge in [-0.2, -0.15) is 10.4 Å². The van der Waals surface area contributed by atoms with Gasteiger partial charge in [-0.05, 0) is 12.1 Å². The number of rotatable bonds is 9. The van der Waals surface area contributed by atoms with Gasteiger partial charge in [0.2, 0.25) is 11.8 Å². The molecule has 0 bridgehead atoms. The molecule has 0 unspecified atom stereocenters. The van der Waals surface area contributed by atoms with Gasteiger partial charge in [-0.25, -0.2) is 14.9 Å². The number of carbonyl (C=O) groups is 2. The number of hydrogen-bond donors (Lipinski definition) is 1. The van der Waals surface area contributed by atoms with Gasteiger partial charge in [0, 0.05) is 58.4 Å². The number of imide groups is 1. The standard InChI is InChI=1S/C24H30N8O3Si.ClH/c1-36(2,3)11-10-35-16-30-9-6-17-21(27-15-28-22(17)30)18-12-31(24(7-8-25)13-26-14-24)29-23(18)32-19(33)4-5-20(32)34;/h6,9,12,15,26H,4-5,7,10-11,13-14,16H2,1-3H3;1H. The minimum Gasteiger partial charge on any atom is -0.361 e. The third-order valence-corrected chi connectivity index (χ3v) is 8.50. The highest BCUT2D eigenvalue weighted by molar-refractivity contribution is 6.76. The van der Waals surface area contributed by atoms with E-state index in [0.717, 1.165) is 16.3 Å². The number of ether oxygens (including phenoxy) is 1. The van der Waals surface area contributed by atoms with Crippen LogP contribution in [0.25, 0.3) is 22.3 Å². The number of aromatic nitrogens is 5. The second-order valence-electron chi connectivity index (χ2n) is 10.7. The number of halogens is 1. The fraction of sp³-hybridized carbons (Fsp3) is 0.500. The zero-order valence-electron chi connectivity index (χ0n) is 21.2. The Morgan fingerprint density at radius 1 is 1.19 bits per heavy atom. The van der Waals surface area contributed by atoms with Crippen molar-refractivity contribution >= 4 is 49.1 Å². The lowest BCUT2D eigenvalue weighted by molar-refractivity contribution is -0.121. The Balaban J connectivity index is 0.00000320. The molecular formula is C24H31ClN8O3Si. The van der Waals surface area contributed by atoms with Crippen molar-refractivity contribution in [1.82, 2.24) is 29.6 Å². The summed E-state index contributed by atoms with van der Waals surface area (Å²) in [5.41, 5.74) is 1.31. The molecule has 3 aromatic heterocycles. The Morgan fingerprint density at radius 2 is 1.92 bits per heavy atom. The molecule has 5 heterocycles. The SMILES string of the molecule is C[Si](C)(C)CCOCn1ccc2c(-c3cn(C4(CC#N)CNC4)nc3N3C(=O)CCC3=O)ncnc21.Cl. The first kappa shape index (κ1) is 26.9. The van der Waals surface area contributed by atoms with Crippen molar-refractivity contribution in [3.05, 3.63) is 24.8 Å². The fourth-order valence-electron chi connectivity index (χ4n) is 4.55. The molecule has 0 aromatic carbocycles. The second-order valence-corrected chi connectivity index (χ2v) is 16.3. The Morgan fingerprint density at radius 3 is 2.54 bits per heavy atom. The lowest BCUT2D eigenvalue weighted by Gasteiger charge is -2.41. The molecular weight excluding hydrogens is 512 g/mol. The molecule has 2 aliphatic rings. The molecule has 11 nitrogen and oxygen atoms in total. The number of anilines is 1. The van der Waals surface area contributed by atoms with Crippen molar-refractivity contribution in [2.24, 2.45) is 0 Å². The summed E-state index contributed by atoms with van der Waals surface area (Å²) in [5.74, 6) is -0.316. The number of hydrogen-bond acceptors (Lipinski definition) is 8. The normalized spacial score (nSPS) is 17.1. The molecule has 3 aromatic rings. The molecule has 5 rings (SSSR count). The molecule has 0 spiro atoms. The predicted molar refractivity (Wildman–Crippen MR) is 143 cm³/mol. The van der Waals surface area contributed by atoms with Gasteiger partial charge in [0.05, 0.1) is 23.7 Å². The van der Waals surface area contributed by atoms with Crippen LogP contribution in [0.15, 0.2) is 24.8 Å². The zero-order valence-corrected chi connectivity index (χ0v) is 23.0. The maximum Gasteiger partial charge on any atom is 0.235 e. The van der Waals surface area contributed by atoms with Crippen molar-refractivity contribution in [2.45, 2.75) is 57.2 Å². The highest BCUT2D eigenvalue weighted by Gasteiger charge is 2.42. The van der Waals surface area contributed by atoms with Gasteiger partial charge < -0.3 is 14.6 Å². The van der Waals surface area contributed by atoms with E-state index in [1.807, 2.05) is 16.8 Å². The molecule has 13 heteroatoms. The molecule has 37 heavy (non-hydrogen) atoms. The fourth-order valence-corrected chi connectivity index (χ4v) is 5.30. The summed E-state index contributed by atoms with van der Waals surface area (Å²) in [4.78, 5) is 35.5. The van der Waals surface area contributed by atoms with Crippen LogP contribution in [0.4, 0.5) is 5.82 Å². The van der Waals surface area contributed by atoms with Gasteiger partial charge in [0.1, 0.15) is 24.2 Å². The first-order chi connectivity index (χ1) is 17.2. The third-order valence-electron chi connectivity index (χ3n) is 6.80. The summed E-state index contributed by atoms with van der Waals surface area (Å²) in [6.07, 6.45) is 5.74. The number of carbonyl (C=O) groups excluding carboxylic acids is 2. The largest absolute Gasteiger partial charge is 0.361 e. The van der Waals surface area contributed by atoms with E-state index in [1.54, 1.807) is 10.9 Å². The number of amides is 2. The number of nitrogens with zero attached hydrogens (tertiary/aromatic N) is 7. The van der Waals surface area contributed by atoms with Gasteiger partial charge in [-0.3, -0.25) is 14.3 Å². The Labute approximate surface area is 222 Å². The van der Waals surface area contributed by atoms with Crippen molar-refractivity contribution in [3.8, 4) is 17.3 Å². The molecule has 196 valence electrons. The summed E-state index contributed by atoms with van der Waals surface area (Å²) in [6.45, 7) is 9.16. The molecule has 0 atom stereocenters. The van der Waals surface area contributed by atoms with E-state index in [2.05, 4.69) is 41.0 Å². The van der Waals surface area contributed by atoms with Crippen LogP contribution in [-0.2, 0) is 26.6 Å². The average Bonchev–Trinajstić information content (AvgIpc) is 3.50. The van der Waals surface area contributed by atoms with Gasteiger partial charge >= 0.3 is 0 Å². The smallest absolute Gasteiger partial charge is 0.235 e. The molecule has 2 aliphatic heterocycles. The maximum atomic E-state index is 12.7. The second kappa shape index (κ2) is 10.3. The summed E-state index contributed by atoms with van der Waals surface area (Å²) < 4.78 is 9.57. The lowest BCUT2D eigenvalue weighted by Crippen LogP contribution is -2.60. The number of nitriles is 1. The molecule has 0 radical (unpaired) electrons. The van der Waals surface area contributed by atoms with Crippen molar-refractivity contribution in [3.63, 3.8) is 0 Å². The highest BCUT2D eigenvalue weighted by atomic mass is 35.5. The Hall–Kier alpha value is -3.11. The summed E-state index contributed by atoms with van der Waals surface area (Å²) in [6, 6.07) is 5.23. The number of fused-ring (bicyclic) bond motifs is 1. The van der Waals surface area contributed by atoms with Crippen LogP contribution in [0.5, 0.6) is 0 Å². The number of nitrogens with one attached hydrogen (secondary N) is 1. The topological polar surface area (TPSA) is 131 Å².